The van der Waals surface area contributed by atoms with E-state index in [1.54, 1.807) is 0 Å². The van der Waals surface area contributed by atoms with Crippen LogP contribution in [0.3, 0.4) is 0 Å². The largest absolute Gasteiger partial charge is 0.419 e. The number of nitrogens with zero attached hydrogens (tertiary/aromatic N) is 2. The molecule has 0 aliphatic heterocycles. The third-order valence-electron chi connectivity index (χ3n) is 2.75. The van der Waals surface area contributed by atoms with Crippen LogP contribution in [0.5, 0.6) is 0 Å². The smallest absolute Gasteiger partial charge is 0.394 e. The molecule has 9 heteroatoms. The van der Waals surface area contributed by atoms with Crippen molar-refractivity contribution < 1.29 is 22.4 Å². The molecule has 1 aromatic heterocycles. The Labute approximate surface area is 116 Å². The number of aromatic nitrogens is 2. The summed E-state index contributed by atoms with van der Waals surface area (Å²) in [4.78, 5) is 11.9. The highest BCUT2D eigenvalue weighted by Gasteiger charge is 2.35. The molecule has 112 valence electrons. The van der Waals surface area contributed by atoms with Gasteiger partial charge in [0.15, 0.2) is 5.82 Å². The lowest BCUT2D eigenvalue weighted by atomic mass is 10.1. The third kappa shape index (κ3) is 2.81. The predicted molar refractivity (Wildman–Crippen MR) is 67.0 cm³/mol. The van der Waals surface area contributed by atoms with E-state index in [-0.39, 0.29) is 11.5 Å². The number of carbonyl (C=O) groups is 1. The standard InChI is InChI=1S/C12H10F4N4O/c1-20-10(8(17)5-18-20)19-11(21)6-3-2-4-7(9(6)13)12(14,15)16/h2-5H,17H2,1H3,(H,19,21). The highest BCUT2D eigenvalue weighted by molar-refractivity contribution is 6.05. The first-order chi connectivity index (χ1) is 9.71. The Balaban J connectivity index is 2.37. The van der Waals surface area contributed by atoms with E-state index in [4.69, 9.17) is 5.73 Å². The number of amides is 1. The molecule has 0 fully saturated rings. The molecule has 3 N–H and O–H groups in total. The molecule has 1 heterocycles. The number of halogens is 4. The maximum Gasteiger partial charge on any atom is 0.419 e. The normalized spacial score (nSPS) is 11.5. The molecular weight excluding hydrogens is 292 g/mol. The van der Waals surface area contributed by atoms with Gasteiger partial charge in [0, 0.05) is 7.05 Å². The van der Waals surface area contributed by atoms with Crippen LogP contribution in [0.1, 0.15) is 15.9 Å². The van der Waals surface area contributed by atoms with Crippen molar-refractivity contribution in [1.82, 2.24) is 9.78 Å². The van der Waals surface area contributed by atoms with Crippen LogP contribution in [0.2, 0.25) is 0 Å². The second-order valence-corrected chi connectivity index (χ2v) is 4.19. The number of carbonyl (C=O) groups excluding carboxylic acids is 1. The lowest BCUT2D eigenvalue weighted by molar-refractivity contribution is -0.140. The van der Waals surface area contributed by atoms with E-state index in [1.165, 1.54) is 17.9 Å². The van der Waals surface area contributed by atoms with Gasteiger partial charge in [-0.2, -0.15) is 18.3 Å². The number of aryl methyl sites for hydroxylation is 1. The molecule has 0 unspecified atom stereocenters. The van der Waals surface area contributed by atoms with Crippen molar-refractivity contribution >= 4 is 17.4 Å². The number of hydrogen-bond acceptors (Lipinski definition) is 3. The number of benzene rings is 1. The van der Waals surface area contributed by atoms with Crippen molar-refractivity contribution in [3.05, 3.63) is 41.3 Å². The summed E-state index contributed by atoms with van der Waals surface area (Å²) in [6, 6.07) is 2.46. The maximum atomic E-state index is 13.8. The van der Waals surface area contributed by atoms with E-state index in [1.807, 2.05) is 0 Å². The van der Waals surface area contributed by atoms with Crippen molar-refractivity contribution in [2.45, 2.75) is 6.18 Å². The highest BCUT2D eigenvalue weighted by atomic mass is 19.4. The second kappa shape index (κ2) is 5.08. The van der Waals surface area contributed by atoms with E-state index in [2.05, 4.69) is 10.4 Å². The van der Waals surface area contributed by atoms with E-state index < -0.39 is 29.0 Å². The molecular formula is C12H10F4N4O. The van der Waals surface area contributed by atoms with Crippen molar-refractivity contribution in [3.8, 4) is 0 Å². The predicted octanol–water partition coefficient (Wildman–Crippen LogP) is 2.41. The molecule has 1 amide bonds. The number of nitrogens with one attached hydrogen (secondary N) is 1. The zero-order valence-corrected chi connectivity index (χ0v) is 10.7. The molecule has 0 saturated carbocycles. The van der Waals surface area contributed by atoms with Crippen LogP contribution in [-0.4, -0.2) is 15.7 Å². The fourth-order valence-corrected chi connectivity index (χ4v) is 1.71. The van der Waals surface area contributed by atoms with Gasteiger partial charge in [0.1, 0.15) is 5.82 Å². The van der Waals surface area contributed by atoms with Gasteiger partial charge in [-0.1, -0.05) is 6.07 Å². The monoisotopic (exact) mass is 302 g/mol. The van der Waals surface area contributed by atoms with Gasteiger partial charge in [-0.3, -0.25) is 9.48 Å². The van der Waals surface area contributed by atoms with E-state index in [0.29, 0.717) is 6.07 Å². The summed E-state index contributed by atoms with van der Waals surface area (Å²) >= 11 is 0. The quantitative estimate of drug-likeness (QED) is 0.837. The Kier molecular flexibility index (Phi) is 3.58. The summed E-state index contributed by atoms with van der Waals surface area (Å²) < 4.78 is 52.8. The van der Waals surface area contributed by atoms with Crippen molar-refractivity contribution in [2.75, 3.05) is 11.1 Å². The van der Waals surface area contributed by atoms with Gasteiger partial charge in [0.25, 0.3) is 5.91 Å². The van der Waals surface area contributed by atoms with Crippen LogP contribution in [0.25, 0.3) is 0 Å². The lowest BCUT2D eigenvalue weighted by Gasteiger charge is -2.11. The molecule has 0 spiro atoms. The van der Waals surface area contributed by atoms with Gasteiger partial charge in [-0.05, 0) is 12.1 Å². The summed E-state index contributed by atoms with van der Waals surface area (Å²) in [7, 11) is 1.47. The lowest BCUT2D eigenvalue weighted by Crippen LogP contribution is -2.19. The number of nitrogen functional groups attached to an aromatic ring is 1. The topological polar surface area (TPSA) is 72.9 Å². The van der Waals surface area contributed by atoms with Gasteiger partial charge in [0.2, 0.25) is 0 Å². The minimum atomic E-state index is -4.88. The minimum Gasteiger partial charge on any atom is -0.394 e. The van der Waals surface area contributed by atoms with Crippen LogP contribution in [0.15, 0.2) is 24.4 Å². The van der Waals surface area contributed by atoms with Gasteiger partial charge < -0.3 is 11.1 Å². The molecule has 0 aliphatic carbocycles. The zero-order chi connectivity index (χ0) is 15.8. The maximum absolute atomic E-state index is 13.8. The third-order valence-corrected chi connectivity index (χ3v) is 2.75. The van der Waals surface area contributed by atoms with Crippen LogP contribution >= 0.6 is 0 Å². The molecule has 0 aliphatic rings. The molecule has 5 nitrogen and oxygen atoms in total. The number of nitrogens with two attached hydrogens (primary N) is 1. The summed E-state index contributed by atoms with van der Waals surface area (Å²) in [6.45, 7) is 0. The average Bonchev–Trinajstić information content (AvgIpc) is 2.69. The zero-order valence-electron chi connectivity index (χ0n) is 10.7. The van der Waals surface area contributed by atoms with Crippen molar-refractivity contribution in [1.29, 1.82) is 0 Å². The van der Waals surface area contributed by atoms with Crippen LogP contribution in [0, 0.1) is 5.82 Å². The summed E-state index contributed by atoms with van der Waals surface area (Å²) in [5, 5.41) is 5.97. The average molecular weight is 302 g/mol. The summed E-state index contributed by atoms with van der Waals surface area (Å²) in [6.07, 6.45) is -3.63. The first-order valence-corrected chi connectivity index (χ1v) is 5.66. The Morgan fingerprint density at radius 1 is 1.38 bits per heavy atom. The number of hydrogen-bond donors (Lipinski definition) is 2. The Morgan fingerprint density at radius 3 is 2.57 bits per heavy atom. The summed E-state index contributed by atoms with van der Waals surface area (Å²) in [5.74, 6) is -2.62. The molecule has 21 heavy (non-hydrogen) atoms. The number of alkyl halides is 3. The first-order valence-electron chi connectivity index (χ1n) is 5.66. The SMILES string of the molecule is Cn1ncc(N)c1NC(=O)c1cccc(C(F)(F)F)c1F. The molecule has 0 saturated heterocycles. The molecule has 1 aromatic carbocycles. The molecule has 0 radical (unpaired) electrons. The number of rotatable bonds is 2. The molecule has 2 rings (SSSR count). The second-order valence-electron chi connectivity index (χ2n) is 4.19. The van der Waals surface area contributed by atoms with E-state index in [9.17, 15) is 22.4 Å². The van der Waals surface area contributed by atoms with Crippen molar-refractivity contribution in [3.63, 3.8) is 0 Å². The minimum absolute atomic E-state index is 0.0665. The van der Waals surface area contributed by atoms with Gasteiger partial charge >= 0.3 is 6.18 Å². The Morgan fingerprint density at radius 2 is 2.05 bits per heavy atom. The summed E-state index contributed by atoms with van der Waals surface area (Å²) in [5.41, 5.74) is 3.41. The molecule has 2 aromatic rings. The van der Waals surface area contributed by atoms with Gasteiger partial charge in [0.05, 0.1) is 23.0 Å². The fraction of sp³-hybridized carbons (Fsp3) is 0.167. The van der Waals surface area contributed by atoms with Crippen LogP contribution in [0.4, 0.5) is 29.1 Å². The Bertz CT molecular complexity index is 674. The Hall–Kier alpha value is -2.58. The van der Waals surface area contributed by atoms with E-state index >= 15 is 0 Å². The molecule has 0 bridgehead atoms. The first kappa shape index (κ1) is 14.8. The van der Waals surface area contributed by atoms with Crippen molar-refractivity contribution in [2.24, 2.45) is 7.05 Å². The fourth-order valence-electron chi connectivity index (χ4n) is 1.71. The van der Waals surface area contributed by atoms with Gasteiger partial charge in [-0.15, -0.1) is 0 Å². The van der Waals surface area contributed by atoms with Gasteiger partial charge in [-0.25, -0.2) is 4.39 Å². The molecule has 0 atom stereocenters. The number of anilines is 2. The van der Waals surface area contributed by atoms with E-state index in [0.717, 1.165) is 12.1 Å². The van der Waals surface area contributed by atoms with Crippen LogP contribution < -0.4 is 11.1 Å². The van der Waals surface area contributed by atoms with Crippen LogP contribution in [-0.2, 0) is 13.2 Å². The highest BCUT2D eigenvalue weighted by Crippen LogP contribution is 2.32.